The van der Waals surface area contributed by atoms with Crippen molar-refractivity contribution in [1.29, 1.82) is 0 Å². The van der Waals surface area contributed by atoms with E-state index < -0.39 is 0 Å². The van der Waals surface area contributed by atoms with Crippen LogP contribution in [-0.2, 0) is 6.61 Å². The van der Waals surface area contributed by atoms with Gasteiger partial charge in [-0.3, -0.25) is 4.40 Å². The Morgan fingerprint density at radius 2 is 2.06 bits per heavy atom. The molecule has 1 aromatic carbocycles. The molecule has 2 aromatic heterocycles. The second kappa shape index (κ2) is 4.19. The van der Waals surface area contributed by atoms with Crippen molar-refractivity contribution in [2.45, 2.75) is 13.5 Å². The highest BCUT2D eigenvalue weighted by molar-refractivity contribution is 7.17. The average Bonchev–Trinajstić information content (AvgIpc) is 2.87. The Bertz CT molecular complexity index is 700. The number of imidazole rings is 1. The quantitative estimate of drug-likeness (QED) is 0.771. The van der Waals surface area contributed by atoms with Gasteiger partial charge in [-0.1, -0.05) is 0 Å². The van der Waals surface area contributed by atoms with Gasteiger partial charge in [0.05, 0.1) is 18.0 Å². The number of benzene rings is 1. The zero-order valence-electron chi connectivity index (χ0n) is 9.72. The van der Waals surface area contributed by atoms with Crippen molar-refractivity contribution in [3.8, 4) is 11.3 Å². The number of aryl methyl sites for hydroxylation is 1. The number of nitrogens with zero attached hydrogens (tertiary/aromatic N) is 2. The first-order valence-corrected chi connectivity index (χ1v) is 6.35. The highest BCUT2D eigenvalue weighted by Crippen LogP contribution is 2.31. The van der Waals surface area contributed by atoms with Crippen molar-refractivity contribution in [3.63, 3.8) is 0 Å². The molecule has 0 radical (unpaired) electrons. The Hall–Kier alpha value is -1.72. The fraction of sp³-hybridized carbons (Fsp3) is 0.154. The second-order valence-corrected chi connectivity index (χ2v) is 5.24. The van der Waals surface area contributed by atoms with Gasteiger partial charge in [0.2, 0.25) is 0 Å². The summed E-state index contributed by atoms with van der Waals surface area (Å²) < 4.78 is 14.9. The van der Waals surface area contributed by atoms with E-state index in [2.05, 4.69) is 4.98 Å². The molecule has 0 bridgehead atoms. The normalized spacial score (nSPS) is 11.3. The SMILES string of the molecule is Cc1sc2nc(CO)cn2c1-c1ccc(F)cc1. The number of halogens is 1. The largest absolute Gasteiger partial charge is 0.390 e. The second-order valence-electron chi connectivity index (χ2n) is 4.06. The average molecular weight is 262 g/mol. The van der Waals surface area contributed by atoms with E-state index in [1.807, 2.05) is 17.5 Å². The monoisotopic (exact) mass is 262 g/mol. The maximum atomic E-state index is 13.0. The summed E-state index contributed by atoms with van der Waals surface area (Å²) in [7, 11) is 0. The Morgan fingerprint density at radius 3 is 2.72 bits per heavy atom. The van der Waals surface area contributed by atoms with E-state index in [1.165, 1.54) is 12.1 Å². The van der Waals surface area contributed by atoms with Gasteiger partial charge in [-0.25, -0.2) is 9.37 Å². The van der Waals surface area contributed by atoms with Crippen LogP contribution in [0.4, 0.5) is 4.39 Å². The minimum absolute atomic E-state index is 0.0731. The van der Waals surface area contributed by atoms with Crippen LogP contribution in [-0.4, -0.2) is 14.5 Å². The lowest BCUT2D eigenvalue weighted by Crippen LogP contribution is -1.87. The topological polar surface area (TPSA) is 37.5 Å². The lowest BCUT2D eigenvalue weighted by atomic mass is 10.1. The van der Waals surface area contributed by atoms with Crippen LogP contribution in [0.15, 0.2) is 30.5 Å². The highest BCUT2D eigenvalue weighted by Gasteiger charge is 2.13. The van der Waals surface area contributed by atoms with Gasteiger partial charge in [0.25, 0.3) is 0 Å². The Labute approximate surface area is 107 Å². The molecule has 0 aliphatic rings. The summed E-state index contributed by atoms with van der Waals surface area (Å²) >= 11 is 1.56. The zero-order valence-corrected chi connectivity index (χ0v) is 10.5. The van der Waals surface area contributed by atoms with E-state index in [-0.39, 0.29) is 12.4 Å². The maximum absolute atomic E-state index is 13.0. The van der Waals surface area contributed by atoms with Gasteiger partial charge < -0.3 is 5.11 Å². The first kappa shape index (κ1) is 11.4. The zero-order chi connectivity index (χ0) is 12.7. The summed E-state index contributed by atoms with van der Waals surface area (Å²) in [4.78, 5) is 6.28. The third-order valence-electron chi connectivity index (χ3n) is 2.82. The van der Waals surface area contributed by atoms with Crippen molar-refractivity contribution in [3.05, 3.63) is 46.9 Å². The predicted octanol–water partition coefficient (Wildman–Crippen LogP) is 3.00. The number of hydrogen-bond acceptors (Lipinski definition) is 3. The molecule has 0 fully saturated rings. The Balaban J connectivity index is 2.23. The van der Waals surface area contributed by atoms with Crippen LogP contribution in [0.2, 0.25) is 0 Å². The molecule has 92 valence electrons. The summed E-state index contributed by atoms with van der Waals surface area (Å²) in [5, 5.41) is 9.10. The summed E-state index contributed by atoms with van der Waals surface area (Å²) in [5.41, 5.74) is 2.59. The first-order chi connectivity index (χ1) is 8.69. The molecule has 1 N–H and O–H groups in total. The maximum Gasteiger partial charge on any atom is 0.194 e. The van der Waals surface area contributed by atoms with E-state index in [0.29, 0.717) is 5.69 Å². The molecule has 3 aromatic rings. The van der Waals surface area contributed by atoms with Crippen LogP contribution in [0.5, 0.6) is 0 Å². The third-order valence-corrected chi connectivity index (χ3v) is 3.79. The third kappa shape index (κ3) is 1.72. The molecule has 0 amide bonds. The standard InChI is InChI=1S/C13H11FN2OS/c1-8-12(9-2-4-10(14)5-3-9)16-6-11(7-17)15-13(16)18-8/h2-6,17H,7H2,1H3. The highest BCUT2D eigenvalue weighted by atomic mass is 32.1. The molecule has 5 heteroatoms. The minimum atomic E-state index is -0.246. The molecule has 0 aliphatic carbocycles. The van der Waals surface area contributed by atoms with Crippen molar-refractivity contribution in [1.82, 2.24) is 9.38 Å². The molecular weight excluding hydrogens is 251 g/mol. The molecule has 0 spiro atoms. The van der Waals surface area contributed by atoms with Gasteiger partial charge in [-0.15, -0.1) is 11.3 Å². The van der Waals surface area contributed by atoms with Gasteiger partial charge in [0.1, 0.15) is 5.82 Å². The number of fused-ring (bicyclic) bond motifs is 1. The lowest BCUT2D eigenvalue weighted by Gasteiger charge is -2.01. The number of rotatable bonds is 2. The van der Waals surface area contributed by atoms with E-state index in [1.54, 1.807) is 23.5 Å². The Kier molecular flexibility index (Phi) is 2.65. The van der Waals surface area contributed by atoms with Crippen LogP contribution in [0, 0.1) is 12.7 Å². The van der Waals surface area contributed by atoms with E-state index in [0.717, 1.165) is 21.1 Å². The van der Waals surface area contributed by atoms with Crippen LogP contribution in [0.25, 0.3) is 16.2 Å². The fourth-order valence-corrected chi connectivity index (χ4v) is 3.02. The summed E-state index contributed by atoms with van der Waals surface area (Å²) in [6, 6.07) is 6.40. The van der Waals surface area contributed by atoms with Gasteiger partial charge in [-0.2, -0.15) is 0 Å². The molecule has 0 unspecified atom stereocenters. The number of aliphatic hydroxyl groups is 1. The summed E-state index contributed by atoms with van der Waals surface area (Å²) in [5.74, 6) is -0.246. The molecule has 0 saturated carbocycles. The van der Waals surface area contributed by atoms with E-state index in [4.69, 9.17) is 5.11 Å². The van der Waals surface area contributed by atoms with E-state index in [9.17, 15) is 4.39 Å². The molecule has 3 rings (SSSR count). The van der Waals surface area contributed by atoms with Crippen molar-refractivity contribution < 1.29 is 9.50 Å². The van der Waals surface area contributed by atoms with Crippen molar-refractivity contribution >= 4 is 16.3 Å². The van der Waals surface area contributed by atoms with Crippen LogP contribution >= 0.6 is 11.3 Å². The molecular formula is C13H11FN2OS. The van der Waals surface area contributed by atoms with E-state index >= 15 is 0 Å². The number of aliphatic hydroxyl groups excluding tert-OH is 1. The van der Waals surface area contributed by atoms with Crippen molar-refractivity contribution in [2.75, 3.05) is 0 Å². The Morgan fingerprint density at radius 1 is 1.33 bits per heavy atom. The smallest absolute Gasteiger partial charge is 0.194 e. The van der Waals surface area contributed by atoms with Crippen molar-refractivity contribution in [2.24, 2.45) is 0 Å². The number of thiazole rings is 1. The molecule has 2 heterocycles. The number of aromatic nitrogens is 2. The number of hydrogen-bond donors (Lipinski definition) is 1. The molecule has 3 nitrogen and oxygen atoms in total. The van der Waals surface area contributed by atoms with Crippen LogP contribution < -0.4 is 0 Å². The fourth-order valence-electron chi connectivity index (χ4n) is 2.02. The lowest BCUT2D eigenvalue weighted by molar-refractivity contribution is 0.277. The molecule has 0 atom stereocenters. The minimum Gasteiger partial charge on any atom is -0.390 e. The summed E-state index contributed by atoms with van der Waals surface area (Å²) in [6.07, 6.45) is 1.82. The van der Waals surface area contributed by atoms with Gasteiger partial charge in [-0.05, 0) is 36.8 Å². The molecule has 18 heavy (non-hydrogen) atoms. The summed E-state index contributed by atoms with van der Waals surface area (Å²) in [6.45, 7) is 1.94. The van der Waals surface area contributed by atoms with Gasteiger partial charge in [0, 0.05) is 11.1 Å². The first-order valence-electron chi connectivity index (χ1n) is 5.53. The van der Waals surface area contributed by atoms with Gasteiger partial charge in [0.15, 0.2) is 4.96 Å². The molecule has 0 saturated heterocycles. The predicted molar refractivity (Wildman–Crippen MR) is 69.1 cm³/mol. The van der Waals surface area contributed by atoms with Gasteiger partial charge >= 0.3 is 0 Å². The van der Waals surface area contributed by atoms with Crippen LogP contribution in [0.1, 0.15) is 10.6 Å². The van der Waals surface area contributed by atoms with Crippen LogP contribution in [0.3, 0.4) is 0 Å². The molecule has 0 aliphatic heterocycles.